The molecule has 2 saturated heterocycles. The van der Waals surface area contributed by atoms with Crippen LogP contribution in [0.4, 0.5) is 5.69 Å². The highest BCUT2D eigenvalue weighted by atomic mass is 32.2. The molecule has 2 aliphatic rings. The fourth-order valence-electron chi connectivity index (χ4n) is 3.71. The Labute approximate surface area is 127 Å². The molecule has 0 amide bonds. The molecule has 3 rings (SSSR count). The van der Waals surface area contributed by atoms with Crippen LogP contribution in [0.3, 0.4) is 0 Å². The summed E-state index contributed by atoms with van der Waals surface area (Å²) in [7, 11) is -3.11. The van der Waals surface area contributed by atoms with Gasteiger partial charge < -0.3 is 10.2 Å². The Hall–Kier alpha value is -1.07. The van der Waals surface area contributed by atoms with Crippen LogP contribution in [0.5, 0.6) is 0 Å². The number of nitrogens with zero attached hydrogens (tertiary/aromatic N) is 1. The molecule has 0 aromatic heterocycles. The minimum atomic E-state index is -3.11. The Morgan fingerprint density at radius 2 is 1.86 bits per heavy atom. The zero-order valence-corrected chi connectivity index (χ0v) is 13.5. The predicted molar refractivity (Wildman–Crippen MR) is 85.5 cm³/mol. The lowest BCUT2D eigenvalue weighted by Crippen LogP contribution is -2.51. The second kappa shape index (κ2) is 5.61. The number of benzene rings is 1. The fraction of sp³-hybridized carbons (Fsp3) is 0.625. The van der Waals surface area contributed by atoms with Crippen molar-refractivity contribution < 1.29 is 8.42 Å². The van der Waals surface area contributed by atoms with Gasteiger partial charge in [-0.25, -0.2) is 8.42 Å². The second-order valence-corrected chi connectivity index (χ2v) is 8.59. The number of sulfone groups is 1. The van der Waals surface area contributed by atoms with Crippen LogP contribution in [-0.2, 0) is 9.84 Å². The summed E-state index contributed by atoms with van der Waals surface area (Å²) < 4.78 is 23.1. The first kappa shape index (κ1) is 14.9. The summed E-state index contributed by atoms with van der Waals surface area (Å²) in [6, 6.07) is 7.35. The minimum absolute atomic E-state index is 0.400. The smallest absolute Gasteiger partial charge is 0.175 e. The summed E-state index contributed by atoms with van der Waals surface area (Å²) in [5, 5.41) is 3.54. The normalized spacial score (nSPS) is 27.0. The van der Waals surface area contributed by atoms with Crippen LogP contribution in [0.15, 0.2) is 29.2 Å². The van der Waals surface area contributed by atoms with Gasteiger partial charge in [0.1, 0.15) is 0 Å². The summed E-state index contributed by atoms with van der Waals surface area (Å²) in [5.41, 5.74) is 1.55. The molecule has 2 fully saturated rings. The number of piperidine rings is 2. The lowest BCUT2D eigenvalue weighted by molar-refractivity contribution is 0.173. The third-order valence-electron chi connectivity index (χ3n) is 4.85. The van der Waals surface area contributed by atoms with Crippen LogP contribution in [0.25, 0.3) is 0 Å². The molecule has 21 heavy (non-hydrogen) atoms. The van der Waals surface area contributed by atoms with Crippen molar-refractivity contribution >= 4 is 15.5 Å². The molecular weight excluding hydrogens is 284 g/mol. The molecule has 2 heterocycles. The Morgan fingerprint density at radius 1 is 1.14 bits per heavy atom. The van der Waals surface area contributed by atoms with Gasteiger partial charge in [-0.3, -0.25) is 0 Å². The molecule has 1 unspecified atom stereocenters. The molecule has 4 nitrogen and oxygen atoms in total. The van der Waals surface area contributed by atoms with E-state index >= 15 is 0 Å². The predicted octanol–water partition coefficient (Wildman–Crippen LogP) is 2.06. The first-order valence-electron chi connectivity index (χ1n) is 7.74. The topological polar surface area (TPSA) is 49.4 Å². The van der Waals surface area contributed by atoms with Gasteiger partial charge in [-0.2, -0.15) is 0 Å². The Balaban J connectivity index is 1.77. The molecular formula is C16H24N2O2S. The van der Waals surface area contributed by atoms with Crippen LogP contribution >= 0.6 is 0 Å². The van der Waals surface area contributed by atoms with Crippen LogP contribution in [0.2, 0.25) is 0 Å². The SMILES string of the molecule is CS(=O)(=O)c1ccc(N2CCCC3(CCCNC3)C2)cc1. The van der Waals surface area contributed by atoms with Gasteiger partial charge in [0.05, 0.1) is 4.90 Å². The van der Waals surface area contributed by atoms with E-state index in [1.54, 1.807) is 12.1 Å². The molecule has 1 atom stereocenters. The summed E-state index contributed by atoms with van der Waals surface area (Å²) in [5.74, 6) is 0. The van der Waals surface area contributed by atoms with E-state index in [0.717, 1.165) is 31.9 Å². The monoisotopic (exact) mass is 308 g/mol. The highest BCUT2D eigenvalue weighted by Crippen LogP contribution is 2.37. The van der Waals surface area contributed by atoms with E-state index in [0.29, 0.717) is 10.3 Å². The Morgan fingerprint density at radius 3 is 2.48 bits per heavy atom. The van der Waals surface area contributed by atoms with Crippen LogP contribution < -0.4 is 10.2 Å². The first-order valence-corrected chi connectivity index (χ1v) is 9.64. The zero-order valence-electron chi connectivity index (χ0n) is 12.6. The van der Waals surface area contributed by atoms with Gasteiger partial charge >= 0.3 is 0 Å². The van der Waals surface area contributed by atoms with Gasteiger partial charge in [0.25, 0.3) is 0 Å². The standard InChI is InChI=1S/C16H24N2O2S/c1-21(19,20)15-6-4-14(5-7-15)18-11-3-9-16(13-18)8-2-10-17-12-16/h4-7,17H,2-3,8-13H2,1H3. The maximum absolute atomic E-state index is 11.5. The summed E-state index contributed by atoms with van der Waals surface area (Å²) in [4.78, 5) is 2.82. The highest BCUT2D eigenvalue weighted by Gasteiger charge is 2.36. The van der Waals surface area contributed by atoms with Gasteiger partial charge in [0, 0.05) is 37.0 Å². The summed E-state index contributed by atoms with van der Waals surface area (Å²) in [6.07, 6.45) is 6.35. The second-order valence-electron chi connectivity index (χ2n) is 6.57. The van der Waals surface area contributed by atoms with Gasteiger partial charge in [-0.15, -0.1) is 0 Å². The van der Waals surface area contributed by atoms with E-state index in [4.69, 9.17) is 0 Å². The number of rotatable bonds is 2. The number of anilines is 1. The first-order chi connectivity index (χ1) is 9.99. The summed E-state index contributed by atoms with van der Waals surface area (Å²) in [6.45, 7) is 4.41. The number of hydrogen-bond donors (Lipinski definition) is 1. The van der Waals surface area contributed by atoms with E-state index in [1.165, 1.54) is 31.9 Å². The molecule has 0 radical (unpaired) electrons. The van der Waals surface area contributed by atoms with Crippen molar-refractivity contribution in [1.82, 2.24) is 5.32 Å². The summed E-state index contributed by atoms with van der Waals surface area (Å²) >= 11 is 0. The van der Waals surface area contributed by atoms with Gasteiger partial charge in [0.15, 0.2) is 9.84 Å². The molecule has 1 aromatic rings. The largest absolute Gasteiger partial charge is 0.371 e. The van der Waals surface area contributed by atoms with Crippen molar-refractivity contribution in [3.8, 4) is 0 Å². The van der Waals surface area contributed by atoms with E-state index < -0.39 is 9.84 Å². The Bertz CT molecular complexity index is 584. The van der Waals surface area contributed by atoms with Gasteiger partial charge in [0.2, 0.25) is 0 Å². The lowest BCUT2D eigenvalue weighted by atomic mass is 9.74. The quantitative estimate of drug-likeness (QED) is 0.908. The van der Waals surface area contributed by atoms with Crippen molar-refractivity contribution in [3.63, 3.8) is 0 Å². The number of hydrogen-bond acceptors (Lipinski definition) is 4. The Kier molecular flexibility index (Phi) is 3.97. The molecule has 5 heteroatoms. The average molecular weight is 308 g/mol. The van der Waals surface area contributed by atoms with Gasteiger partial charge in [-0.1, -0.05) is 0 Å². The van der Waals surface area contributed by atoms with Crippen molar-refractivity contribution in [3.05, 3.63) is 24.3 Å². The minimum Gasteiger partial charge on any atom is -0.371 e. The van der Waals surface area contributed by atoms with Crippen LogP contribution in [0, 0.1) is 5.41 Å². The molecule has 0 saturated carbocycles. The third-order valence-corrected chi connectivity index (χ3v) is 5.98. The van der Waals surface area contributed by atoms with E-state index in [9.17, 15) is 8.42 Å². The van der Waals surface area contributed by atoms with Crippen molar-refractivity contribution in [2.24, 2.45) is 5.41 Å². The average Bonchev–Trinajstić information content (AvgIpc) is 2.47. The van der Waals surface area contributed by atoms with Crippen molar-refractivity contribution in [2.45, 2.75) is 30.6 Å². The molecule has 116 valence electrons. The molecule has 0 bridgehead atoms. The zero-order chi connectivity index (χ0) is 14.9. The third kappa shape index (κ3) is 3.24. The van der Waals surface area contributed by atoms with E-state index in [1.807, 2.05) is 12.1 Å². The van der Waals surface area contributed by atoms with Crippen LogP contribution in [0.1, 0.15) is 25.7 Å². The highest BCUT2D eigenvalue weighted by molar-refractivity contribution is 7.90. The molecule has 0 aliphatic carbocycles. The van der Waals surface area contributed by atoms with E-state index in [2.05, 4.69) is 10.2 Å². The molecule has 1 N–H and O–H groups in total. The maximum atomic E-state index is 11.5. The van der Waals surface area contributed by atoms with Crippen molar-refractivity contribution in [1.29, 1.82) is 0 Å². The lowest BCUT2D eigenvalue weighted by Gasteiger charge is -2.46. The fourth-order valence-corrected chi connectivity index (χ4v) is 4.34. The van der Waals surface area contributed by atoms with E-state index in [-0.39, 0.29) is 0 Å². The maximum Gasteiger partial charge on any atom is 0.175 e. The van der Waals surface area contributed by atoms with Crippen LogP contribution in [-0.4, -0.2) is 40.9 Å². The van der Waals surface area contributed by atoms with Gasteiger partial charge in [-0.05, 0) is 56.5 Å². The molecule has 2 aliphatic heterocycles. The van der Waals surface area contributed by atoms with Crippen molar-refractivity contribution in [2.75, 3.05) is 37.3 Å². The number of nitrogens with one attached hydrogen (secondary N) is 1. The molecule has 1 aromatic carbocycles. The molecule has 1 spiro atoms.